The number of aromatic nitrogens is 1. The van der Waals surface area contributed by atoms with Crippen molar-refractivity contribution in [3.8, 4) is 6.07 Å². The molecular formula is C22H32N6OS. The molecule has 1 amide bonds. The summed E-state index contributed by atoms with van der Waals surface area (Å²) in [4.78, 5) is 23.8. The molecule has 2 aliphatic heterocycles. The maximum Gasteiger partial charge on any atom is 0.240 e. The average Bonchev–Trinajstić information content (AvgIpc) is 3.34. The van der Waals surface area contributed by atoms with Crippen molar-refractivity contribution in [3.63, 3.8) is 0 Å². The third kappa shape index (κ3) is 5.08. The molecule has 1 aromatic heterocycles. The number of rotatable bonds is 5. The molecule has 3 aliphatic rings. The van der Waals surface area contributed by atoms with Crippen molar-refractivity contribution in [3.05, 3.63) is 23.9 Å². The summed E-state index contributed by atoms with van der Waals surface area (Å²) in [6.07, 6.45) is 7.27. The summed E-state index contributed by atoms with van der Waals surface area (Å²) in [6, 6.07) is 6.24. The van der Waals surface area contributed by atoms with Crippen molar-refractivity contribution < 1.29 is 4.79 Å². The lowest BCUT2D eigenvalue weighted by Gasteiger charge is -2.42. The number of carbonyl (C=O) groups excluding carboxylic acids is 1. The van der Waals surface area contributed by atoms with E-state index in [-0.39, 0.29) is 11.9 Å². The SMILES string of the molecule is N#Cc1ccc(N2CCN(C3CCC(CC(N)C(=O)N4CCSC4)CC3)CC2)nc1. The second-order valence-electron chi connectivity index (χ2n) is 8.70. The minimum Gasteiger partial charge on any atom is -0.354 e. The van der Waals surface area contributed by atoms with E-state index < -0.39 is 0 Å². The van der Waals surface area contributed by atoms with E-state index in [1.54, 1.807) is 6.20 Å². The number of amides is 1. The third-order valence-electron chi connectivity index (χ3n) is 6.82. The van der Waals surface area contributed by atoms with Gasteiger partial charge in [0.15, 0.2) is 0 Å². The highest BCUT2D eigenvalue weighted by molar-refractivity contribution is 7.99. The van der Waals surface area contributed by atoms with Crippen LogP contribution in [0.1, 0.15) is 37.7 Å². The summed E-state index contributed by atoms with van der Waals surface area (Å²) < 4.78 is 0. The molecule has 3 heterocycles. The van der Waals surface area contributed by atoms with Crippen LogP contribution in [0.3, 0.4) is 0 Å². The predicted octanol–water partition coefficient (Wildman–Crippen LogP) is 1.88. The van der Waals surface area contributed by atoms with E-state index in [0.717, 1.165) is 56.6 Å². The number of nitrogens with two attached hydrogens (primary N) is 1. The summed E-state index contributed by atoms with van der Waals surface area (Å²) in [7, 11) is 0. The maximum atomic E-state index is 12.5. The smallest absolute Gasteiger partial charge is 0.240 e. The van der Waals surface area contributed by atoms with Gasteiger partial charge in [0.1, 0.15) is 11.9 Å². The molecule has 1 atom stereocenters. The quantitative estimate of drug-likeness (QED) is 0.766. The number of hydrogen-bond acceptors (Lipinski definition) is 7. The van der Waals surface area contributed by atoms with E-state index in [0.29, 0.717) is 17.5 Å². The van der Waals surface area contributed by atoms with Crippen molar-refractivity contribution in [2.75, 3.05) is 49.3 Å². The third-order valence-corrected chi connectivity index (χ3v) is 7.78. The normalized spacial score (nSPS) is 26.4. The Morgan fingerprint density at radius 1 is 1.20 bits per heavy atom. The number of thioether (sulfide) groups is 1. The fourth-order valence-electron chi connectivity index (χ4n) is 4.98. The number of nitrogens with zero attached hydrogens (tertiary/aromatic N) is 5. The zero-order valence-corrected chi connectivity index (χ0v) is 18.4. The molecule has 30 heavy (non-hydrogen) atoms. The zero-order chi connectivity index (χ0) is 20.9. The van der Waals surface area contributed by atoms with Crippen molar-refractivity contribution >= 4 is 23.5 Å². The number of nitriles is 1. The number of anilines is 1. The molecule has 8 heteroatoms. The minimum atomic E-state index is -0.325. The van der Waals surface area contributed by atoms with Crippen LogP contribution in [0, 0.1) is 17.2 Å². The molecule has 1 unspecified atom stereocenters. The van der Waals surface area contributed by atoms with Crippen LogP contribution in [0.25, 0.3) is 0 Å². The summed E-state index contributed by atoms with van der Waals surface area (Å²) >= 11 is 1.81. The fourth-order valence-corrected chi connectivity index (χ4v) is 5.94. The van der Waals surface area contributed by atoms with Crippen LogP contribution in [0.15, 0.2) is 18.3 Å². The van der Waals surface area contributed by atoms with Gasteiger partial charge in [-0.25, -0.2) is 4.98 Å². The Morgan fingerprint density at radius 2 is 1.97 bits per heavy atom. The molecule has 1 aliphatic carbocycles. The lowest BCUT2D eigenvalue weighted by molar-refractivity contribution is -0.131. The Hall–Kier alpha value is -1.82. The molecular weight excluding hydrogens is 396 g/mol. The molecule has 0 aromatic carbocycles. The lowest BCUT2D eigenvalue weighted by atomic mass is 9.81. The molecule has 0 spiro atoms. The molecule has 1 aromatic rings. The highest BCUT2D eigenvalue weighted by Crippen LogP contribution is 2.31. The largest absolute Gasteiger partial charge is 0.354 e. The van der Waals surface area contributed by atoms with Gasteiger partial charge in [-0.1, -0.05) is 0 Å². The average molecular weight is 429 g/mol. The van der Waals surface area contributed by atoms with Gasteiger partial charge < -0.3 is 15.5 Å². The van der Waals surface area contributed by atoms with Gasteiger partial charge in [0.05, 0.1) is 17.5 Å². The summed E-state index contributed by atoms with van der Waals surface area (Å²) in [6.45, 7) is 4.93. The van der Waals surface area contributed by atoms with E-state index in [1.165, 1.54) is 25.7 Å². The fraction of sp³-hybridized carbons (Fsp3) is 0.682. The van der Waals surface area contributed by atoms with Gasteiger partial charge in [0, 0.05) is 50.7 Å². The van der Waals surface area contributed by atoms with Gasteiger partial charge in [0.2, 0.25) is 5.91 Å². The second kappa shape index (κ2) is 9.99. The highest BCUT2D eigenvalue weighted by atomic mass is 32.2. The van der Waals surface area contributed by atoms with Crippen LogP contribution in [-0.4, -0.2) is 77.1 Å². The van der Waals surface area contributed by atoms with Crippen LogP contribution < -0.4 is 10.6 Å². The standard InChI is InChI=1S/C22H32N6OS/c23-14-18-3-6-21(25-15-18)27-9-7-26(8-10-27)19-4-1-17(2-5-19)13-20(24)22(29)28-11-12-30-16-28/h3,6,15,17,19-20H,1-2,4-5,7-13,16,24H2. The number of pyridine rings is 1. The van der Waals surface area contributed by atoms with E-state index in [4.69, 9.17) is 11.0 Å². The monoisotopic (exact) mass is 428 g/mol. The Kier molecular flexibility index (Phi) is 7.13. The molecule has 7 nitrogen and oxygen atoms in total. The molecule has 2 N–H and O–H groups in total. The van der Waals surface area contributed by atoms with Gasteiger partial charge in [-0.2, -0.15) is 5.26 Å². The number of hydrogen-bond donors (Lipinski definition) is 1. The van der Waals surface area contributed by atoms with Gasteiger partial charge in [-0.3, -0.25) is 9.69 Å². The van der Waals surface area contributed by atoms with Crippen molar-refractivity contribution in [1.82, 2.24) is 14.8 Å². The van der Waals surface area contributed by atoms with Crippen molar-refractivity contribution in [1.29, 1.82) is 5.26 Å². The minimum absolute atomic E-state index is 0.148. The van der Waals surface area contributed by atoms with Crippen molar-refractivity contribution in [2.45, 2.75) is 44.2 Å². The van der Waals surface area contributed by atoms with Crippen LogP contribution in [0.4, 0.5) is 5.82 Å². The topological polar surface area (TPSA) is 89.5 Å². The highest BCUT2D eigenvalue weighted by Gasteiger charge is 2.31. The molecule has 0 bridgehead atoms. The number of piperazine rings is 1. The van der Waals surface area contributed by atoms with Crippen LogP contribution in [-0.2, 0) is 4.79 Å². The second-order valence-corrected chi connectivity index (χ2v) is 9.77. The number of carbonyl (C=O) groups is 1. The van der Waals surface area contributed by atoms with Gasteiger partial charge in [-0.05, 0) is 50.2 Å². The van der Waals surface area contributed by atoms with Crippen LogP contribution >= 0.6 is 11.8 Å². The Labute approximate surface area is 183 Å². The van der Waals surface area contributed by atoms with E-state index in [1.807, 2.05) is 28.8 Å². The molecule has 3 fully saturated rings. The van der Waals surface area contributed by atoms with Gasteiger partial charge >= 0.3 is 0 Å². The Balaban J connectivity index is 1.19. The molecule has 0 radical (unpaired) electrons. The van der Waals surface area contributed by atoms with E-state index >= 15 is 0 Å². The van der Waals surface area contributed by atoms with E-state index in [2.05, 4.69) is 20.9 Å². The summed E-state index contributed by atoms with van der Waals surface area (Å²) in [5, 5.41) is 8.92. The first kappa shape index (κ1) is 21.4. The Morgan fingerprint density at radius 3 is 2.57 bits per heavy atom. The van der Waals surface area contributed by atoms with Crippen LogP contribution in [0.2, 0.25) is 0 Å². The zero-order valence-electron chi connectivity index (χ0n) is 17.6. The Bertz CT molecular complexity index is 744. The van der Waals surface area contributed by atoms with E-state index in [9.17, 15) is 4.79 Å². The molecule has 2 saturated heterocycles. The summed E-state index contributed by atoms with van der Waals surface area (Å²) in [5.74, 6) is 3.54. The first-order valence-corrected chi connectivity index (χ1v) is 12.3. The van der Waals surface area contributed by atoms with Crippen LogP contribution in [0.5, 0.6) is 0 Å². The van der Waals surface area contributed by atoms with Gasteiger partial charge in [-0.15, -0.1) is 11.8 Å². The predicted molar refractivity (Wildman–Crippen MR) is 120 cm³/mol. The molecule has 1 saturated carbocycles. The molecule has 4 rings (SSSR count). The lowest BCUT2D eigenvalue weighted by Crippen LogP contribution is -2.51. The van der Waals surface area contributed by atoms with Gasteiger partial charge in [0.25, 0.3) is 0 Å². The maximum absolute atomic E-state index is 12.5. The summed E-state index contributed by atoms with van der Waals surface area (Å²) in [5.41, 5.74) is 6.86. The van der Waals surface area contributed by atoms with Crippen molar-refractivity contribution in [2.24, 2.45) is 11.7 Å². The molecule has 162 valence electrons. The first-order chi connectivity index (χ1) is 14.6. The first-order valence-electron chi connectivity index (χ1n) is 11.1.